The van der Waals surface area contributed by atoms with Crippen LogP contribution >= 0.6 is 0 Å². The maximum Gasteiger partial charge on any atom is 0.410 e. The number of nitrogens with zero attached hydrogens (tertiary/aromatic N) is 1. The monoisotopic (exact) mass is 354 g/mol. The summed E-state index contributed by atoms with van der Waals surface area (Å²) in [6.45, 7) is 2.39. The van der Waals surface area contributed by atoms with Gasteiger partial charge < -0.3 is 19.9 Å². The third-order valence-electron chi connectivity index (χ3n) is 3.96. The second kappa shape index (κ2) is 8.55. The molecule has 8 heteroatoms. The molecule has 2 unspecified atom stereocenters. The lowest BCUT2D eigenvalue weighted by Gasteiger charge is -2.21. The van der Waals surface area contributed by atoms with Crippen molar-refractivity contribution in [2.45, 2.75) is 38.3 Å². The molecule has 2 N–H and O–H groups in total. The van der Waals surface area contributed by atoms with Crippen molar-refractivity contribution in [2.75, 3.05) is 26.0 Å². The zero-order chi connectivity index (χ0) is 18.4. The van der Waals surface area contributed by atoms with E-state index in [0.717, 1.165) is 12.8 Å². The lowest BCUT2D eigenvalue weighted by molar-refractivity contribution is -0.145. The number of hydrogen-bond acceptors (Lipinski definition) is 6. The normalized spacial score (nSPS) is 19.6. The summed E-state index contributed by atoms with van der Waals surface area (Å²) in [7, 11) is 1.25. The molecular formula is C17H23FN2O5. The Bertz CT molecular complexity index is 625. The quantitative estimate of drug-likeness (QED) is 0.479. The van der Waals surface area contributed by atoms with Crippen LogP contribution in [0.3, 0.4) is 0 Å². The predicted octanol–water partition coefficient (Wildman–Crippen LogP) is 2.34. The Kier molecular flexibility index (Phi) is 6.44. The van der Waals surface area contributed by atoms with Gasteiger partial charge in [0.05, 0.1) is 25.9 Å². The van der Waals surface area contributed by atoms with Crippen molar-refractivity contribution in [1.29, 1.82) is 0 Å². The van der Waals surface area contributed by atoms with Crippen molar-refractivity contribution in [2.24, 2.45) is 0 Å². The molecule has 1 heterocycles. The predicted molar refractivity (Wildman–Crippen MR) is 88.6 cm³/mol. The molecule has 1 aliphatic rings. The number of esters is 1. The highest BCUT2D eigenvalue weighted by Gasteiger charge is 2.42. The summed E-state index contributed by atoms with van der Waals surface area (Å²) in [5.41, 5.74) is 6.05. The Morgan fingerprint density at radius 2 is 2.16 bits per heavy atom. The van der Waals surface area contributed by atoms with Gasteiger partial charge in [-0.3, -0.25) is 4.90 Å². The Hall–Kier alpha value is -2.51. The van der Waals surface area contributed by atoms with Crippen LogP contribution < -0.4 is 10.5 Å². The van der Waals surface area contributed by atoms with E-state index in [2.05, 4.69) is 0 Å². The van der Waals surface area contributed by atoms with Gasteiger partial charge in [-0.2, -0.15) is 0 Å². The molecule has 0 spiro atoms. The Morgan fingerprint density at radius 3 is 2.84 bits per heavy atom. The zero-order valence-electron chi connectivity index (χ0n) is 14.4. The topological polar surface area (TPSA) is 91.1 Å². The maximum absolute atomic E-state index is 13.4. The number of methoxy groups -OCH3 is 1. The van der Waals surface area contributed by atoms with Gasteiger partial charge in [-0.1, -0.05) is 13.3 Å². The number of unbranched alkanes of at least 4 members (excludes halogenated alkanes) is 1. The van der Waals surface area contributed by atoms with Crippen LogP contribution in [0.5, 0.6) is 5.75 Å². The first-order chi connectivity index (χ1) is 12.0. The Morgan fingerprint density at radius 1 is 1.40 bits per heavy atom. The smallest absolute Gasteiger partial charge is 0.410 e. The van der Waals surface area contributed by atoms with Crippen molar-refractivity contribution in [3.63, 3.8) is 0 Å². The average molecular weight is 354 g/mol. The zero-order valence-corrected chi connectivity index (χ0v) is 14.4. The van der Waals surface area contributed by atoms with Gasteiger partial charge in [-0.25, -0.2) is 14.0 Å². The summed E-state index contributed by atoms with van der Waals surface area (Å²) >= 11 is 0. The van der Waals surface area contributed by atoms with E-state index in [9.17, 15) is 14.0 Å². The highest BCUT2D eigenvalue weighted by Crippen LogP contribution is 2.28. The van der Waals surface area contributed by atoms with Crippen molar-refractivity contribution < 1.29 is 28.2 Å². The first kappa shape index (κ1) is 18.8. The maximum atomic E-state index is 13.4. The number of rotatable bonds is 6. The van der Waals surface area contributed by atoms with Crippen LogP contribution in [-0.4, -0.2) is 49.4 Å². The third kappa shape index (κ3) is 4.74. The molecule has 25 heavy (non-hydrogen) atoms. The number of benzene rings is 1. The summed E-state index contributed by atoms with van der Waals surface area (Å²) in [6, 6.07) is 2.99. The fourth-order valence-corrected chi connectivity index (χ4v) is 2.62. The third-order valence-corrected chi connectivity index (χ3v) is 3.96. The molecule has 1 saturated heterocycles. The van der Waals surface area contributed by atoms with Crippen LogP contribution in [-0.2, 0) is 14.3 Å². The van der Waals surface area contributed by atoms with Gasteiger partial charge in [0, 0.05) is 12.5 Å². The number of likely N-dealkylation sites (tertiary alicyclic amines) is 1. The van der Waals surface area contributed by atoms with Crippen LogP contribution in [0.25, 0.3) is 0 Å². The second-order valence-electron chi connectivity index (χ2n) is 5.82. The minimum Gasteiger partial charge on any atom is -0.486 e. The average Bonchev–Trinajstić information content (AvgIpc) is 3.01. The SMILES string of the molecule is CCCCOC(=O)N1CC(Oc2cc(F)ccc2N)CC1C(=O)OC. The molecule has 1 amide bonds. The molecule has 7 nitrogen and oxygen atoms in total. The van der Waals surface area contributed by atoms with Gasteiger partial charge in [0.15, 0.2) is 0 Å². The standard InChI is InChI=1S/C17H23FN2O5/c1-3-4-7-24-17(22)20-10-12(9-14(20)16(21)23-2)25-15-8-11(18)5-6-13(15)19/h5-6,8,12,14H,3-4,7,9-10,19H2,1-2H3. The molecule has 0 saturated carbocycles. The molecule has 0 aliphatic carbocycles. The molecule has 1 aliphatic heterocycles. The number of ether oxygens (including phenoxy) is 3. The van der Waals surface area contributed by atoms with Crippen molar-refractivity contribution in [1.82, 2.24) is 4.90 Å². The number of anilines is 1. The minimum absolute atomic E-state index is 0.126. The molecular weight excluding hydrogens is 331 g/mol. The van der Waals surface area contributed by atoms with Gasteiger partial charge in [0.25, 0.3) is 0 Å². The van der Waals surface area contributed by atoms with Gasteiger partial charge in [-0.15, -0.1) is 0 Å². The summed E-state index contributed by atoms with van der Waals surface area (Å²) in [5.74, 6) is -0.858. The fourth-order valence-electron chi connectivity index (χ4n) is 2.62. The molecule has 1 aromatic rings. The Balaban J connectivity index is 2.08. The number of hydrogen-bond donors (Lipinski definition) is 1. The highest BCUT2D eigenvalue weighted by atomic mass is 19.1. The largest absolute Gasteiger partial charge is 0.486 e. The summed E-state index contributed by atoms with van der Waals surface area (Å²) in [6.07, 6.45) is 0.723. The van der Waals surface area contributed by atoms with Gasteiger partial charge in [0.1, 0.15) is 23.7 Å². The van der Waals surface area contributed by atoms with E-state index in [1.165, 1.54) is 30.2 Å². The van der Waals surface area contributed by atoms with Crippen LogP contribution in [0.4, 0.5) is 14.9 Å². The summed E-state index contributed by atoms with van der Waals surface area (Å²) in [4.78, 5) is 25.5. The lowest BCUT2D eigenvalue weighted by Crippen LogP contribution is -2.41. The minimum atomic E-state index is -0.807. The number of carbonyl (C=O) groups is 2. The Labute approximate surface area is 145 Å². The highest BCUT2D eigenvalue weighted by molar-refractivity contribution is 5.82. The van der Waals surface area contributed by atoms with Crippen LogP contribution in [0.15, 0.2) is 18.2 Å². The molecule has 2 rings (SSSR count). The second-order valence-corrected chi connectivity index (χ2v) is 5.82. The molecule has 1 aromatic carbocycles. The van der Waals surface area contributed by atoms with Crippen molar-refractivity contribution >= 4 is 17.7 Å². The number of nitrogens with two attached hydrogens (primary N) is 1. The first-order valence-corrected chi connectivity index (χ1v) is 8.19. The lowest BCUT2D eigenvalue weighted by atomic mass is 10.2. The van der Waals surface area contributed by atoms with Gasteiger partial charge in [-0.05, 0) is 18.6 Å². The van der Waals surface area contributed by atoms with Crippen molar-refractivity contribution in [3.8, 4) is 5.75 Å². The van der Waals surface area contributed by atoms with Crippen molar-refractivity contribution in [3.05, 3.63) is 24.0 Å². The van der Waals surface area contributed by atoms with E-state index < -0.39 is 30.0 Å². The summed E-state index contributed by atoms with van der Waals surface area (Å²) in [5, 5.41) is 0. The molecule has 0 radical (unpaired) electrons. The van der Waals surface area contributed by atoms with Crippen LogP contribution in [0.1, 0.15) is 26.2 Å². The molecule has 138 valence electrons. The fraction of sp³-hybridized carbons (Fsp3) is 0.529. The molecule has 1 fully saturated rings. The summed E-state index contributed by atoms with van der Waals surface area (Å²) < 4.78 is 29.0. The van der Waals surface area contributed by atoms with E-state index in [4.69, 9.17) is 19.9 Å². The number of amides is 1. The van der Waals surface area contributed by atoms with Gasteiger partial charge >= 0.3 is 12.1 Å². The van der Waals surface area contributed by atoms with E-state index in [0.29, 0.717) is 0 Å². The molecule has 0 bridgehead atoms. The molecule has 0 aromatic heterocycles. The first-order valence-electron chi connectivity index (χ1n) is 8.19. The van der Waals surface area contributed by atoms with Gasteiger partial charge in [0.2, 0.25) is 0 Å². The number of halogens is 1. The number of nitrogen functional groups attached to an aromatic ring is 1. The van der Waals surface area contributed by atoms with E-state index in [1.54, 1.807) is 0 Å². The van der Waals surface area contributed by atoms with E-state index >= 15 is 0 Å². The number of carbonyl (C=O) groups excluding carboxylic acids is 2. The molecule has 2 atom stereocenters. The van der Waals surface area contributed by atoms with E-state index in [1.807, 2.05) is 6.92 Å². The van der Waals surface area contributed by atoms with E-state index in [-0.39, 0.29) is 31.0 Å². The van der Waals surface area contributed by atoms with Crippen LogP contribution in [0.2, 0.25) is 0 Å². The van der Waals surface area contributed by atoms with Crippen LogP contribution in [0, 0.1) is 5.82 Å².